The number of hydrogen-bond acceptors (Lipinski definition) is 4. The van der Waals surface area contributed by atoms with Crippen LogP contribution in [0.25, 0.3) is 10.9 Å². The quantitative estimate of drug-likeness (QED) is 0.808. The normalized spacial score (nSPS) is 19.9. The van der Waals surface area contributed by atoms with E-state index in [1.807, 2.05) is 26.0 Å². The van der Waals surface area contributed by atoms with E-state index in [1.54, 1.807) is 0 Å². The number of hydrogen-bond donors (Lipinski definition) is 1. The monoisotopic (exact) mass is 367 g/mol. The van der Waals surface area contributed by atoms with Crippen LogP contribution in [0.1, 0.15) is 49.3 Å². The zero-order valence-corrected chi connectivity index (χ0v) is 16.4. The van der Waals surface area contributed by atoms with Crippen LogP contribution in [0.15, 0.2) is 23.2 Å². The van der Waals surface area contributed by atoms with Crippen LogP contribution in [0.5, 0.6) is 0 Å². The summed E-state index contributed by atoms with van der Waals surface area (Å²) in [6, 6.07) is 8.52. The summed E-state index contributed by atoms with van der Waals surface area (Å²) in [4.78, 5) is 17.0. The van der Waals surface area contributed by atoms with Crippen molar-refractivity contribution >= 4 is 28.6 Å². The Balaban J connectivity index is 1.73. The fourth-order valence-electron chi connectivity index (χ4n) is 3.72. The summed E-state index contributed by atoms with van der Waals surface area (Å²) in [5.74, 6) is 0.860. The van der Waals surface area contributed by atoms with E-state index in [-0.39, 0.29) is 11.9 Å². The van der Waals surface area contributed by atoms with E-state index in [1.165, 1.54) is 31.0 Å². The molecule has 1 aliphatic rings. The number of fused-ring (bicyclic) bond motifs is 1. The van der Waals surface area contributed by atoms with Crippen LogP contribution in [-0.4, -0.2) is 22.7 Å². The molecule has 4 nitrogen and oxygen atoms in total. The summed E-state index contributed by atoms with van der Waals surface area (Å²) in [6.07, 6.45) is 4.69. The third-order valence-corrected chi connectivity index (χ3v) is 6.16. The highest BCUT2D eigenvalue weighted by molar-refractivity contribution is 8.00. The Morgan fingerprint density at radius 2 is 2.08 bits per heavy atom. The molecule has 3 rings (SSSR count). The van der Waals surface area contributed by atoms with Crippen molar-refractivity contribution in [3.8, 4) is 6.07 Å². The number of aryl methyl sites for hydroxylation is 2. The zero-order valence-electron chi connectivity index (χ0n) is 15.6. The fourth-order valence-corrected chi connectivity index (χ4v) is 4.49. The maximum absolute atomic E-state index is 12.4. The number of carbonyl (C=O) groups is 1. The fraction of sp³-hybridized carbons (Fsp3) is 0.476. The number of nitriles is 1. The Morgan fingerprint density at radius 1 is 1.31 bits per heavy atom. The summed E-state index contributed by atoms with van der Waals surface area (Å²) in [5, 5.41) is 14.3. The standard InChI is InChI=1S/C21H25N3OS/c1-13-8-15(3)17-10-16(11-22)21(24-19(17)9-13)26-12-20(25)23-18-7-5-4-6-14(18)2/h8-10,14,18H,4-7,12H2,1-3H3,(H,23,25)/t14-,18-/m1/s1. The Labute approximate surface area is 159 Å². The average molecular weight is 368 g/mol. The largest absolute Gasteiger partial charge is 0.352 e. The second-order valence-corrected chi connectivity index (χ2v) is 8.29. The first-order chi connectivity index (χ1) is 12.5. The van der Waals surface area contributed by atoms with Gasteiger partial charge in [0, 0.05) is 11.4 Å². The summed E-state index contributed by atoms with van der Waals surface area (Å²) in [5.41, 5.74) is 3.68. The van der Waals surface area contributed by atoms with Crippen molar-refractivity contribution in [3.63, 3.8) is 0 Å². The number of aromatic nitrogens is 1. The molecule has 0 saturated heterocycles. The summed E-state index contributed by atoms with van der Waals surface area (Å²) < 4.78 is 0. The molecule has 5 heteroatoms. The number of amides is 1. The van der Waals surface area contributed by atoms with Crippen LogP contribution >= 0.6 is 11.8 Å². The number of benzene rings is 1. The molecule has 0 radical (unpaired) electrons. The van der Waals surface area contributed by atoms with Crippen molar-refractivity contribution in [1.82, 2.24) is 10.3 Å². The molecule has 0 unspecified atom stereocenters. The van der Waals surface area contributed by atoms with Gasteiger partial charge in [-0.1, -0.05) is 37.6 Å². The topological polar surface area (TPSA) is 65.8 Å². The van der Waals surface area contributed by atoms with Crippen molar-refractivity contribution in [1.29, 1.82) is 5.26 Å². The van der Waals surface area contributed by atoms with Crippen LogP contribution in [0.3, 0.4) is 0 Å². The minimum absolute atomic E-state index is 0.0277. The van der Waals surface area contributed by atoms with Crippen LogP contribution in [0.4, 0.5) is 0 Å². The molecule has 1 fully saturated rings. The molecule has 1 N–H and O–H groups in total. The highest BCUT2D eigenvalue weighted by Crippen LogP contribution is 2.28. The number of nitrogens with one attached hydrogen (secondary N) is 1. The molecule has 26 heavy (non-hydrogen) atoms. The Bertz CT molecular complexity index is 872. The first-order valence-corrected chi connectivity index (χ1v) is 10.2. The first kappa shape index (κ1) is 18.7. The lowest BCUT2D eigenvalue weighted by atomic mass is 9.86. The molecule has 1 amide bonds. The van der Waals surface area contributed by atoms with Gasteiger partial charge in [-0.2, -0.15) is 5.26 Å². The van der Waals surface area contributed by atoms with Gasteiger partial charge in [-0.05, 0) is 55.9 Å². The van der Waals surface area contributed by atoms with Gasteiger partial charge < -0.3 is 5.32 Å². The van der Waals surface area contributed by atoms with E-state index in [0.29, 0.717) is 22.3 Å². The molecule has 2 atom stereocenters. The van der Waals surface area contributed by atoms with E-state index in [0.717, 1.165) is 28.5 Å². The van der Waals surface area contributed by atoms with Gasteiger partial charge in [-0.3, -0.25) is 4.79 Å². The van der Waals surface area contributed by atoms with Gasteiger partial charge in [0.05, 0.1) is 16.8 Å². The number of carbonyl (C=O) groups excluding carboxylic acids is 1. The van der Waals surface area contributed by atoms with Gasteiger partial charge in [0.1, 0.15) is 11.1 Å². The SMILES string of the molecule is Cc1cc(C)c2cc(C#N)c(SCC(=O)N[C@@H]3CCCC[C@H]3C)nc2c1. The van der Waals surface area contributed by atoms with E-state index in [2.05, 4.69) is 29.4 Å². The lowest BCUT2D eigenvalue weighted by Crippen LogP contribution is -2.41. The second-order valence-electron chi connectivity index (χ2n) is 7.33. The second kappa shape index (κ2) is 8.09. The third-order valence-electron chi connectivity index (χ3n) is 5.17. The van der Waals surface area contributed by atoms with E-state index < -0.39 is 0 Å². The van der Waals surface area contributed by atoms with E-state index in [4.69, 9.17) is 0 Å². The van der Waals surface area contributed by atoms with E-state index >= 15 is 0 Å². The van der Waals surface area contributed by atoms with Gasteiger partial charge >= 0.3 is 0 Å². The van der Waals surface area contributed by atoms with Gasteiger partial charge in [0.2, 0.25) is 5.91 Å². The predicted molar refractivity (Wildman–Crippen MR) is 106 cm³/mol. The van der Waals surface area contributed by atoms with Gasteiger partial charge in [-0.15, -0.1) is 0 Å². The molecule has 0 spiro atoms. The molecule has 2 aromatic rings. The maximum Gasteiger partial charge on any atom is 0.230 e. The molecule has 1 heterocycles. The lowest BCUT2D eigenvalue weighted by Gasteiger charge is -2.29. The summed E-state index contributed by atoms with van der Waals surface area (Å²) >= 11 is 1.35. The minimum atomic E-state index is 0.0277. The molecule has 1 aliphatic carbocycles. The van der Waals surface area contributed by atoms with Gasteiger partial charge in [0.25, 0.3) is 0 Å². The van der Waals surface area contributed by atoms with Crippen LogP contribution in [0, 0.1) is 31.1 Å². The van der Waals surface area contributed by atoms with Gasteiger partial charge in [-0.25, -0.2) is 4.98 Å². The number of pyridine rings is 1. The smallest absolute Gasteiger partial charge is 0.230 e. The number of nitrogens with zero attached hydrogens (tertiary/aromatic N) is 2. The summed E-state index contributed by atoms with van der Waals surface area (Å²) in [6.45, 7) is 6.28. The van der Waals surface area contributed by atoms with Crippen LogP contribution in [0.2, 0.25) is 0 Å². The Hall–Kier alpha value is -2.06. The van der Waals surface area contributed by atoms with Crippen molar-refractivity contribution in [2.75, 3.05) is 5.75 Å². The number of thioether (sulfide) groups is 1. The van der Waals surface area contributed by atoms with Crippen LogP contribution < -0.4 is 5.32 Å². The highest BCUT2D eigenvalue weighted by Gasteiger charge is 2.23. The summed E-state index contributed by atoms with van der Waals surface area (Å²) in [7, 11) is 0. The van der Waals surface area contributed by atoms with E-state index in [9.17, 15) is 10.1 Å². The van der Waals surface area contributed by atoms with Crippen molar-refractivity contribution < 1.29 is 4.79 Å². The average Bonchev–Trinajstić information content (AvgIpc) is 2.61. The molecular formula is C21H25N3OS. The molecule has 0 aliphatic heterocycles. The van der Waals surface area contributed by atoms with Gasteiger partial charge in [0.15, 0.2) is 0 Å². The lowest BCUT2D eigenvalue weighted by molar-refractivity contribution is -0.119. The van der Waals surface area contributed by atoms with Crippen molar-refractivity contribution in [3.05, 3.63) is 34.9 Å². The molecule has 1 aromatic heterocycles. The van der Waals surface area contributed by atoms with Crippen molar-refractivity contribution in [2.45, 2.75) is 57.5 Å². The predicted octanol–water partition coefficient (Wildman–Crippen LogP) is 4.51. The molecule has 136 valence electrons. The zero-order chi connectivity index (χ0) is 18.7. The first-order valence-electron chi connectivity index (χ1n) is 9.22. The Morgan fingerprint density at radius 3 is 2.81 bits per heavy atom. The Kier molecular flexibility index (Phi) is 5.83. The molecular weight excluding hydrogens is 342 g/mol. The molecule has 1 saturated carbocycles. The number of rotatable bonds is 4. The third kappa shape index (κ3) is 4.19. The molecule has 0 bridgehead atoms. The van der Waals surface area contributed by atoms with Crippen LogP contribution in [-0.2, 0) is 4.79 Å². The highest BCUT2D eigenvalue weighted by atomic mass is 32.2. The maximum atomic E-state index is 12.4. The van der Waals surface area contributed by atoms with Crippen molar-refractivity contribution in [2.24, 2.45) is 5.92 Å². The minimum Gasteiger partial charge on any atom is -0.352 e. The molecule has 1 aromatic carbocycles.